The fourth-order valence-electron chi connectivity index (χ4n) is 2.94. The Kier molecular flexibility index (Phi) is 5.58. The Morgan fingerprint density at radius 2 is 2.00 bits per heavy atom. The number of nitro groups is 1. The number of non-ortho nitro benzene ring substituents is 1. The van der Waals surface area contributed by atoms with Crippen LogP contribution >= 0.6 is 11.6 Å². The van der Waals surface area contributed by atoms with Gasteiger partial charge in [-0.25, -0.2) is 0 Å². The van der Waals surface area contributed by atoms with Crippen molar-refractivity contribution >= 4 is 29.3 Å². The molecule has 0 spiro atoms. The maximum atomic E-state index is 12.7. The monoisotopic (exact) mass is 424 g/mol. The van der Waals surface area contributed by atoms with Crippen LogP contribution in [-0.4, -0.2) is 32.0 Å². The first-order chi connectivity index (χ1) is 14.5. The van der Waals surface area contributed by atoms with E-state index in [2.05, 4.69) is 10.2 Å². The molecule has 4 rings (SSSR count). The summed E-state index contributed by atoms with van der Waals surface area (Å²) in [4.78, 5) is 24.9. The smallest absolute Gasteiger partial charge is 0.270 e. The highest BCUT2D eigenvalue weighted by Gasteiger charge is 2.32. The molecule has 0 aliphatic heterocycles. The number of nitrogens with zero attached hydrogens (tertiary/aromatic N) is 4. The van der Waals surface area contributed by atoms with Crippen molar-refractivity contribution < 1.29 is 14.1 Å². The fraction of sp³-hybridized carbons (Fsp3) is 0.190. The van der Waals surface area contributed by atoms with Crippen LogP contribution in [0.25, 0.3) is 17.5 Å². The highest BCUT2D eigenvalue weighted by atomic mass is 35.5. The number of benzene rings is 2. The van der Waals surface area contributed by atoms with E-state index in [1.807, 2.05) is 12.1 Å². The van der Waals surface area contributed by atoms with Crippen LogP contribution in [0.3, 0.4) is 0 Å². The molecule has 0 atom stereocenters. The third-order valence-corrected chi connectivity index (χ3v) is 4.89. The number of rotatable bonds is 7. The summed E-state index contributed by atoms with van der Waals surface area (Å²) in [5.41, 5.74) is 1.26. The topological polar surface area (TPSA) is 102 Å². The first-order valence-electron chi connectivity index (χ1n) is 9.31. The number of carbonyl (C=O) groups is 1. The predicted molar refractivity (Wildman–Crippen MR) is 110 cm³/mol. The summed E-state index contributed by atoms with van der Waals surface area (Å²) < 4.78 is 5.66. The molecule has 0 N–H and O–H groups in total. The molecule has 0 radical (unpaired) electrons. The van der Waals surface area contributed by atoms with E-state index in [1.165, 1.54) is 18.2 Å². The molecular weight excluding hydrogens is 408 g/mol. The number of halogens is 1. The van der Waals surface area contributed by atoms with Gasteiger partial charge >= 0.3 is 0 Å². The second kappa shape index (κ2) is 8.46. The summed E-state index contributed by atoms with van der Waals surface area (Å²) in [6.07, 6.45) is 5.09. The van der Waals surface area contributed by atoms with Gasteiger partial charge in [-0.3, -0.25) is 14.9 Å². The van der Waals surface area contributed by atoms with Crippen LogP contribution in [0.5, 0.6) is 0 Å². The summed E-state index contributed by atoms with van der Waals surface area (Å²) >= 11 is 5.88. The normalized spacial score (nSPS) is 13.5. The van der Waals surface area contributed by atoms with E-state index in [-0.39, 0.29) is 36.0 Å². The lowest BCUT2D eigenvalue weighted by Gasteiger charge is -2.18. The molecule has 1 aromatic heterocycles. The minimum absolute atomic E-state index is 0.0608. The third kappa shape index (κ3) is 4.72. The Labute approximate surface area is 176 Å². The van der Waals surface area contributed by atoms with Crippen molar-refractivity contribution in [3.63, 3.8) is 0 Å². The van der Waals surface area contributed by atoms with Gasteiger partial charge in [0.2, 0.25) is 17.7 Å². The molecule has 1 fully saturated rings. The number of hydrogen-bond acceptors (Lipinski definition) is 6. The standard InChI is InChI=1S/C21H17ClN4O4/c22-16-7-4-14(5-8-16)6-11-20(27)25(17-9-10-17)13-19-23-24-21(30-19)15-2-1-3-18(12-15)26(28)29/h1-8,11-12,17H,9-10,13H2/b11-6+. The molecule has 0 unspecified atom stereocenters. The van der Waals surface area contributed by atoms with Crippen LogP contribution in [0.4, 0.5) is 5.69 Å². The quantitative estimate of drug-likeness (QED) is 0.314. The van der Waals surface area contributed by atoms with Gasteiger partial charge in [-0.15, -0.1) is 10.2 Å². The van der Waals surface area contributed by atoms with Gasteiger partial charge in [0.1, 0.15) is 0 Å². The van der Waals surface area contributed by atoms with Gasteiger partial charge in [0.25, 0.3) is 5.69 Å². The molecule has 8 nitrogen and oxygen atoms in total. The van der Waals surface area contributed by atoms with Gasteiger partial charge in [0, 0.05) is 34.8 Å². The lowest BCUT2D eigenvalue weighted by Crippen LogP contribution is -2.31. The summed E-state index contributed by atoms with van der Waals surface area (Å²) in [5, 5.41) is 19.6. The summed E-state index contributed by atoms with van der Waals surface area (Å²) in [5.74, 6) is 0.299. The lowest BCUT2D eigenvalue weighted by atomic mass is 10.2. The maximum absolute atomic E-state index is 12.7. The molecule has 0 bridgehead atoms. The Morgan fingerprint density at radius 1 is 1.23 bits per heavy atom. The maximum Gasteiger partial charge on any atom is 0.270 e. The van der Waals surface area contributed by atoms with Crippen LogP contribution in [0.1, 0.15) is 24.3 Å². The van der Waals surface area contributed by atoms with Gasteiger partial charge in [-0.05, 0) is 42.7 Å². The summed E-state index contributed by atoms with van der Waals surface area (Å²) in [7, 11) is 0. The van der Waals surface area contributed by atoms with Gasteiger partial charge < -0.3 is 9.32 Å². The number of aromatic nitrogens is 2. The van der Waals surface area contributed by atoms with E-state index in [0.717, 1.165) is 18.4 Å². The van der Waals surface area contributed by atoms with Crippen molar-refractivity contribution in [2.75, 3.05) is 0 Å². The minimum Gasteiger partial charge on any atom is -0.419 e. The van der Waals surface area contributed by atoms with Gasteiger partial charge in [0.15, 0.2) is 0 Å². The molecular formula is C21H17ClN4O4. The minimum atomic E-state index is -0.485. The predicted octanol–water partition coefficient (Wildman–Crippen LogP) is 4.50. The van der Waals surface area contributed by atoms with Gasteiger partial charge in [0.05, 0.1) is 11.5 Å². The molecule has 0 saturated heterocycles. The summed E-state index contributed by atoms with van der Waals surface area (Å²) in [6, 6.07) is 13.3. The molecule has 1 aliphatic rings. The first-order valence-corrected chi connectivity index (χ1v) is 9.69. The fourth-order valence-corrected chi connectivity index (χ4v) is 3.07. The van der Waals surface area contributed by atoms with E-state index in [0.29, 0.717) is 10.6 Å². The summed E-state index contributed by atoms with van der Waals surface area (Å²) in [6.45, 7) is 0.177. The molecule has 152 valence electrons. The highest BCUT2D eigenvalue weighted by Crippen LogP contribution is 2.29. The van der Waals surface area contributed by atoms with Crippen molar-refractivity contribution in [3.8, 4) is 11.5 Å². The molecule has 1 aliphatic carbocycles. The second-order valence-electron chi connectivity index (χ2n) is 6.89. The van der Waals surface area contributed by atoms with Crippen LogP contribution < -0.4 is 0 Å². The third-order valence-electron chi connectivity index (χ3n) is 4.64. The SMILES string of the molecule is O=C(/C=C/c1ccc(Cl)cc1)N(Cc1nnc(-c2cccc([N+](=O)[O-])c2)o1)C1CC1. The van der Waals surface area contributed by atoms with Crippen molar-refractivity contribution in [2.45, 2.75) is 25.4 Å². The second-order valence-corrected chi connectivity index (χ2v) is 7.33. The average molecular weight is 425 g/mol. The van der Waals surface area contributed by atoms with Crippen LogP contribution in [0.2, 0.25) is 5.02 Å². The van der Waals surface area contributed by atoms with E-state index >= 15 is 0 Å². The van der Waals surface area contributed by atoms with Crippen molar-refractivity contribution in [1.29, 1.82) is 0 Å². The van der Waals surface area contributed by atoms with Crippen LogP contribution in [0.15, 0.2) is 59.0 Å². The zero-order valence-electron chi connectivity index (χ0n) is 15.8. The Bertz CT molecular complexity index is 1110. The van der Waals surface area contributed by atoms with Crippen LogP contribution in [0, 0.1) is 10.1 Å². The average Bonchev–Trinajstić information content (AvgIpc) is 3.48. The molecule has 9 heteroatoms. The number of hydrogen-bond donors (Lipinski definition) is 0. The van der Waals surface area contributed by atoms with Crippen LogP contribution in [-0.2, 0) is 11.3 Å². The number of amides is 1. The van der Waals surface area contributed by atoms with Gasteiger partial charge in [-0.1, -0.05) is 29.8 Å². The first kappa shape index (κ1) is 19.8. The lowest BCUT2D eigenvalue weighted by molar-refractivity contribution is -0.384. The Morgan fingerprint density at radius 3 is 2.70 bits per heavy atom. The zero-order valence-corrected chi connectivity index (χ0v) is 16.5. The highest BCUT2D eigenvalue weighted by molar-refractivity contribution is 6.30. The Hall–Kier alpha value is -3.52. The molecule has 1 amide bonds. The molecule has 30 heavy (non-hydrogen) atoms. The Balaban J connectivity index is 1.48. The molecule has 1 saturated carbocycles. The van der Waals surface area contributed by atoms with Crippen molar-refractivity contribution in [1.82, 2.24) is 15.1 Å². The van der Waals surface area contributed by atoms with Crippen molar-refractivity contribution in [2.24, 2.45) is 0 Å². The molecule has 2 aromatic carbocycles. The van der Waals surface area contributed by atoms with E-state index in [9.17, 15) is 14.9 Å². The number of nitro benzene ring substituents is 1. The van der Waals surface area contributed by atoms with E-state index in [1.54, 1.807) is 35.2 Å². The largest absolute Gasteiger partial charge is 0.419 e. The number of carbonyl (C=O) groups excluding carboxylic acids is 1. The molecule has 3 aromatic rings. The van der Waals surface area contributed by atoms with Crippen molar-refractivity contribution in [3.05, 3.63) is 81.2 Å². The zero-order chi connectivity index (χ0) is 21.1. The van der Waals surface area contributed by atoms with E-state index < -0.39 is 4.92 Å². The van der Waals surface area contributed by atoms with Gasteiger partial charge in [-0.2, -0.15) is 0 Å². The molecule has 1 heterocycles. The van der Waals surface area contributed by atoms with E-state index in [4.69, 9.17) is 16.0 Å².